The van der Waals surface area contributed by atoms with Gasteiger partial charge in [-0.2, -0.15) is 0 Å². The average Bonchev–Trinajstić information content (AvgIpc) is 2.96. The van der Waals surface area contributed by atoms with Crippen molar-refractivity contribution in [3.63, 3.8) is 0 Å². The van der Waals surface area contributed by atoms with Crippen molar-refractivity contribution in [1.82, 2.24) is 5.32 Å². The normalized spacial score (nSPS) is 20.1. The highest BCUT2D eigenvalue weighted by Crippen LogP contribution is 2.27. The molecule has 2 atom stereocenters. The minimum Gasteiger partial charge on any atom is -0.481 e. The lowest BCUT2D eigenvalue weighted by Gasteiger charge is -2.14. The summed E-state index contributed by atoms with van der Waals surface area (Å²) in [7, 11) is 0. The molecule has 1 saturated carbocycles. The van der Waals surface area contributed by atoms with Crippen LogP contribution in [0, 0.1) is 5.92 Å². The molecule has 1 aliphatic rings. The lowest BCUT2D eigenvalue weighted by atomic mass is 10.1. The van der Waals surface area contributed by atoms with E-state index in [9.17, 15) is 9.59 Å². The van der Waals surface area contributed by atoms with Crippen LogP contribution in [0.3, 0.4) is 0 Å². The summed E-state index contributed by atoms with van der Waals surface area (Å²) in [5, 5.41) is 12.0. The van der Waals surface area contributed by atoms with Crippen LogP contribution < -0.4 is 5.32 Å². The Labute approximate surface area is 141 Å². The van der Waals surface area contributed by atoms with Crippen molar-refractivity contribution >= 4 is 23.6 Å². The fraction of sp³-hybridized carbons (Fsp3) is 0.444. The Hall–Kier alpha value is -1.75. The lowest BCUT2D eigenvalue weighted by Crippen LogP contribution is -2.33. The molecule has 124 valence electrons. The van der Waals surface area contributed by atoms with Gasteiger partial charge in [0.2, 0.25) is 0 Å². The third-order valence-corrected chi connectivity index (χ3v) is 4.98. The number of aliphatic carboxylic acids is 1. The van der Waals surface area contributed by atoms with Crippen LogP contribution in [0.1, 0.15) is 43.5 Å². The van der Waals surface area contributed by atoms with Crippen molar-refractivity contribution in [2.45, 2.75) is 44.0 Å². The van der Waals surface area contributed by atoms with E-state index < -0.39 is 5.97 Å². The minimum atomic E-state index is -0.764. The van der Waals surface area contributed by atoms with Crippen LogP contribution in [0.4, 0.5) is 0 Å². The second-order valence-corrected chi connectivity index (χ2v) is 7.17. The van der Waals surface area contributed by atoms with Gasteiger partial charge in [0.1, 0.15) is 0 Å². The van der Waals surface area contributed by atoms with E-state index >= 15 is 0 Å². The Morgan fingerprint density at radius 3 is 2.70 bits per heavy atom. The van der Waals surface area contributed by atoms with Crippen molar-refractivity contribution < 1.29 is 14.7 Å². The van der Waals surface area contributed by atoms with Gasteiger partial charge in [-0.15, -0.1) is 11.8 Å². The van der Waals surface area contributed by atoms with Crippen LogP contribution in [-0.2, 0) is 4.79 Å². The van der Waals surface area contributed by atoms with Crippen molar-refractivity contribution in [2.24, 2.45) is 5.92 Å². The van der Waals surface area contributed by atoms with Gasteiger partial charge in [-0.05, 0) is 45.2 Å². The predicted octanol–water partition coefficient (Wildman–Crippen LogP) is 3.73. The number of benzene rings is 1. The maximum Gasteiger partial charge on any atom is 0.306 e. The second-order valence-electron chi connectivity index (χ2n) is 6.11. The number of carbonyl (C=O) groups is 2. The summed E-state index contributed by atoms with van der Waals surface area (Å²) in [6.07, 6.45) is 4.02. The molecule has 1 aromatic rings. The molecule has 23 heavy (non-hydrogen) atoms. The SMILES string of the molecule is CC(C)=CCSc1ccccc1C(=O)N[C@H]1CC[C@@H](C(=O)O)C1. The summed E-state index contributed by atoms with van der Waals surface area (Å²) >= 11 is 1.64. The summed E-state index contributed by atoms with van der Waals surface area (Å²) in [6, 6.07) is 7.52. The third-order valence-electron chi connectivity index (χ3n) is 3.98. The van der Waals surface area contributed by atoms with Gasteiger partial charge in [0.15, 0.2) is 0 Å². The summed E-state index contributed by atoms with van der Waals surface area (Å²) in [6.45, 7) is 4.11. The van der Waals surface area contributed by atoms with Gasteiger partial charge in [-0.25, -0.2) is 0 Å². The van der Waals surface area contributed by atoms with Crippen molar-refractivity contribution in [3.05, 3.63) is 41.5 Å². The molecular formula is C18H23NO3S. The minimum absolute atomic E-state index is 0.0422. The number of nitrogens with one attached hydrogen (secondary N) is 1. The summed E-state index contributed by atoms with van der Waals surface area (Å²) in [5.41, 5.74) is 1.92. The number of hydrogen-bond acceptors (Lipinski definition) is 3. The Morgan fingerprint density at radius 2 is 2.04 bits per heavy atom. The van der Waals surface area contributed by atoms with E-state index in [1.165, 1.54) is 5.57 Å². The average molecular weight is 333 g/mol. The standard InChI is InChI=1S/C18H23NO3S/c1-12(2)9-10-23-16-6-4-3-5-15(16)17(20)19-14-8-7-13(11-14)18(21)22/h3-6,9,13-14H,7-8,10-11H2,1-2H3,(H,19,20)(H,21,22)/t13-,14+/m1/s1. The van der Waals surface area contributed by atoms with E-state index in [1.54, 1.807) is 11.8 Å². The monoisotopic (exact) mass is 333 g/mol. The molecule has 0 aliphatic heterocycles. The highest BCUT2D eigenvalue weighted by atomic mass is 32.2. The number of allylic oxidation sites excluding steroid dienone is 1. The van der Waals surface area contributed by atoms with Gasteiger partial charge in [-0.1, -0.05) is 23.8 Å². The second kappa shape index (κ2) is 8.20. The molecule has 0 heterocycles. The number of carboxylic acids is 1. The van der Waals surface area contributed by atoms with E-state index in [0.717, 1.165) is 17.1 Å². The van der Waals surface area contributed by atoms with Crippen molar-refractivity contribution in [2.75, 3.05) is 5.75 Å². The molecule has 1 amide bonds. The number of hydrogen-bond donors (Lipinski definition) is 2. The first kappa shape index (κ1) is 17.6. The zero-order valence-corrected chi connectivity index (χ0v) is 14.4. The molecule has 1 aromatic carbocycles. The van der Waals surface area contributed by atoms with Gasteiger partial charge in [0.05, 0.1) is 11.5 Å². The molecule has 1 aliphatic carbocycles. The molecule has 0 bridgehead atoms. The maximum atomic E-state index is 12.5. The van der Waals surface area contributed by atoms with Crippen LogP contribution in [0.5, 0.6) is 0 Å². The fourth-order valence-electron chi connectivity index (χ4n) is 2.68. The molecule has 0 spiro atoms. The van der Waals surface area contributed by atoms with E-state index in [0.29, 0.717) is 18.4 Å². The number of amides is 1. The van der Waals surface area contributed by atoms with Gasteiger partial charge < -0.3 is 10.4 Å². The fourth-order valence-corrected chi connectivity index (χ4v) is 3.77. The molecule has 0 unspecified atom stereocenters. The molecule has 0 saturated heterocycles. The number of rotatable bonds is 6. The Bertz CT molecular complexity index is 608. The van der Waals surface area contributed by atoms with Crippen LogP contribution in [0.2, 0.25) is 0 Å². The van der Waals surface area contributed by atoms with Gasteiger partial charge in [0, 0.05) is 16.7 Å². The molecule has 0 aromatic heterocycles. The topological polar surface area (TPSA) is 66.4 Å². The van der Waals surface area contributed by atoms with Crippen LogP contribution in [0.15, 0.2) is 40.8 Å². The van der Waals surface area contributed by atoms with Gasteiger partial charge >= 0.3 is 5.97 Å². The summed E-state index contributed by atoms with van der Waals surface area (Å²) < 4.78 is 0. The quantitative estimate of drug-likeness (QED) is 0.615. The zero-order chi connectivity index (χ0) is 16.8. The molecule has 2 rings (SSSR count). The maximum absolute atomic E-state index is 12.5. The first-order valence-electron chi connectivity index (χ1n) is 7.86. The van der Waals surface area contributed by atoms with Gasteiger partial charge in [0.25, 0.3) is 5.91 Å². The molecule has 2 N–H and O–H groups in total. The van der Waals surface area contributed by atoms with Crippen molar-refractivity contribution in [1.29, 1.82) is 0 Å². The third kappa shape index (κ3) is 5.13. The largest absolute Gasteiger partial charge is 0.481 e. The zero-order valence-electron chi connectivity index (χ0n) is 13.5. The highest BCUT2D eigenvalue weighted by molar-refractivity contribution is 7.99. The predicted molar refractivity (Wildman–Crippen MR) is 92.8 cm³/mol. The first-order valence-corrected chi connectivity index (χ1v) is 8.84. The first-order chi connectivity index (χ1) is 11.0. The number of carboxylic acid groups (broad SMARTS) is 1. The van der Waals surface area contributed by atoms with E-state index in [4.69, 9.17) is 5.11 Å². The molecule has 1 fully saturated rings. The Morgan fingerprint density at radius 1 is 1.30 bits per heavy atom. The Kier molecular flexibility index (Phi) is 6.28. The number of carbonyl (C=O) groups excluding carboxylic acids is 1. The molecule has 4 nitrogen and oxygen atoms in total. The van der Waals surface area contributed by atoms with Crippen LogP contribution >= 0.6 is 11.8 Å². The molecular weight excluding hydrogens is 310 g/mol. The van der Waals surface area contributed by atoms with E-state index in [2.05, 4.69) is 25.2 Å². The summed E-state index contributed by atoms with van der Waals surface area (Å²) in [4.78, 5) is 24.5. The highest BCUT2D eigenvalue weighted by Gasteiger charge is 2.30. The van der Waals surface area contributed by atoms with Crippen molar-refractivity contribution in [3.8, 4) is 0 Å². The molecule has 0 radical (unpaired) electrons. The van der Waals surface area contributed by atoms with Crippen LogP contribution in [-0.4, -0.2) is 28.8 Å². The Balaban J connectivity index is 1.99. The summed E-state index contributed by atoms with van der Waals surface area (Å²) in [5.74, 6) is -0.375. The molecule has 5 heteroatoms. The lowest BCUT2D eigenvalue weighted by molar-refractivity contribution is -0.141. The smallest absolute Gasteiger partial charge is 0.306 e. The van der Waals surface area contributed by atoms with E-state index in [1.807, 2.05) is 24.3 Å². The van der Waals surface area contributed by atoms with Gasteiger partial charge in [-0.3, -0.25) is 9.59 Å². The van der Waals surface area contributed by atoms with E-state index in [-0.39, 0.29) is 17.9 Å². The van der Waals surface area contributed by atoms with Crippen LogP contribution in [0.25, 0.3) is 0 Å². The number of thioether (sulfide) groups is 1.